The van der Waals surface area contributed by atoms with Gasteiger partial charge < -0.3 is 9.88 Å². The number of piperidine rings is 1. The highest BCUT2D eigenvalue weighted by atomic mass is 32.1. The molecule has 1 saturated heterocycles. The average molecular weight is 621 g/mol. The molecule has 8 nitrogen and oxygen atoms in total. The second-order valence-electron chi connectivity index (χ2n) is 11.7. The lowest BCUT2D eigenvalue weighted by Crippen LogP contribution is -2.39. The van der Waals surface area contributed by atoms with Crippen molar-refractivity contribution in [3.05, 3.63) is 69.7 Å². The maximum atomic E-state index is 13.0. The molecule has 1 aliphatic rings. The van der Waals surface area contributed by atoms with Gasteiger partial charge in [0.2, 0.25) is 0 Å². The Balaban J connectivity index is 1.13. The lowest BCUT2D eigenvalue weighted by molar-refractivity contribution is -0.126. The Bertz CT molecular complexity index is 1810. The first-order valence-corrected chi connectivity index (χ1v) is 15.8. The minimum Gasteiger partial charge on any atom is -0.367 e. The van der Waals surface area contributed by atoms with Crippen molar-refractivity contribution < 1.29 is 13.2 Å². The number of aryl methyl sites for hydroxylation is 2. The maximum absolute atomic E-state index is 13.0. The number of nitrogens with zero attached hydrogens (tertiary/aromatic N) is 6. The van der Waals surface area contributed by atoms with E-state index in [0.717, 1.165) is 60.3 Å². The Morgan fingerprint density at radius 1 is 1.18 bits per heavy atom. The Labute approximate surface area is 257 Å². The summed E-state index contributed by atoms with van der Waals surface area (Å²) >= 11 is 1.10. The normalized spacial score (nSPS) is 15.7. The number of hydrogen-bond donors (Lipinski definition) is 2. The Morgan fingerprint density at radius 3 is 2.66 bits per heavy atom. The van der Waals surface area contributed by atoms with Crippen molar-refractivity contribution in [2.24, 2.45) is 0 Å². The molecule has 1 unspecified atom stereocenters. The molecule has 0 aliphatic carbocycles. The second kappa shape index (κ2) is 12.2. The lowest BCUT2D eigenvalue weighted by atomic mass is 10.0. The van der Waals surface area contributed by atoms with Crippen LogP contribution in [-0.2, 0) is 25.9 Å². The zero-order valence-corrected chi connectivity index (χ0v) is 25.8. The molecule has 2 N–H and O–H groups in total. The largest absolute Gasteiger partial charge is 0.393 e. The molecule has 6 rings (SSSR count). The molecule has 5 aromatic rings. The number of rotatable bonds is 9. The Morgan fingerprint density at radius 2 is 1.98 bits per heavy atom. The molecule has 12 heteroatoms. The minimum atomic E-state index is -4.26. The summed E-state index contributed by atoms with van der Waals surface area (Å²) in [5, 5.41) is 22.2. The molecular weight excluding hydrogens is 585 g/mol. The number of alkyl halides is 3. The number of aromatic amines is 1. The molecule has 4 aromatic heterocycles. The van der Waals surface area contributed by atoms with Gasteiger partial charge in [0.25, 0.3) is 0 Å². The van der Waals surface area contributed by atoms with Crippen LogP contribution in [0.2, 0.25) is 0 Å². The molecule has 0 saturated carbocycles. The lowest BCUT2D eigenvalue weighted by Gasteiger charge is -2.33. The van der Waals surface area contributed by atoms with E-state index in [1.165, 1.54) is 11.1 Å². The van der Waals surface area contributed by atoms with Gasteiger partial charge in [-0.2, -0.15) is 23.5 Å². The summed E-state index contributed by atoms with van der Waals surface area (Å²) in [5.74, 6) is 1.48. The molecule has 0 spiro atoms. The third-order valence-corrected chi connectivity index (χ3v) is 9.66. The number of fused-ring (bicyclic) bond motifs is 2. The van der Waals surface area contributed by atoms with Gasteiger partial charge in [0.15, 0.2) is 0 Å². The summed E-state index contributed by atoms with van der Waals surface area (Å²) in [5.41, 5.74) is 5.27. The summed E-state index contributed by atoms with van der Waals surface area (Å²) in [6.07, 6.45) is 0.929. The smallest absolute Gasteiger partial charge is 0.367 e. The molecule has 1 atom stereocenters. The fraction of sp³-hybridized carbons (Fsp3) is 0.438. The van der Waals surface area contributed by atoms with E-state index in [0.29, 0.717) is 40.5 Å². The van der Waals surface area contributed by atoms with Crippen LogP contribution in [0.15, 0.2) is 36.7 Å². The number of halogens is 3. The van der Waals surface area contributed by atoms with E-state index in [1.807, 2.05) is 25.4 Å². The van der Waals surface area contributed by atoms with Crippen molar-refractivity contribution in [3.8, 4) is 6.07 Å². The van der Waals surface area contributed by atoms with Crippen LogP contribution in [-0.4, -0.2) is 54.9 Å². The number of nitrogens with one attached hydrogen (secondary N) is 2. The summed E-state index contributed by atoms with van der Waals surface area (Å²) < 4.78 is 41.2. The fourth-order valence-corrected chi connectivity index (χ4v) is 7.21. The highest BCUT2D eigenvalue weighted by Gasteiger charge is 2.29. The number of nitriles is 1. The molecule has 44 heavy (non-hydrogen) atoms. The number of H-pyrrole nitrogens is 1. The quantitative estimate of drug-likeness (QED) is 0.183. The van der Waals surface area contributed by atoms with E-state index >= 15 is 0 Å². The van der Waals surface area contributed by atoms with Gasteiger partial charge in [-0.25, -0.2) is 9.97 Å². The highest BCUT2D eigenvalue weighted by molar-refractivity contribution is 7.18. The molecule has 230 valence electrons. The van der Waals surface area contributed by atoms with Crippen molar-refractivity contribution in [1.29, 1.82) is 5.26 Å². The van der Waals surface area contributed by atoms with Crippen LogP contribution in [0.4, 0.5) is 19.0 Å². The van der Waals surface area contributed by atoms with Gasteiger partial charge in [-0.05, 0) is 54.7 Å². The van der Waals surface area contributed by atoms with Crippen LogP contribution in [0.25, 0.3) is 21.1 Å². The predicted octanol–water partition coefficient (Wildman–Crippen LogP) is 7.10. The number of aromatic nitrogens is 5. The third-order valence-electron chi connectivity index (χ3n) is 8.63. The van der Waals surface area contributed by atoms with Gasteiger partial charge in [-0.15, -0.1) is 11.3 Å². The van der Waals surface area contributed by atoms with Gasteiger partial charge in [-0.3, -0.25) is 10.00 Å². The Hall–Kier alpha value is -3.95. The van der Waals surface area contributed by atoms with Gasteiger partial charge in [0.05, 0.1) is 18.0 Å². The molecule has 1 aliphatic heterocycles. The Kier molecular flexibility index (Phi) is 8.35. The summed E-state index contributed by atoms with van der Waals surface area (Å²) in [7, 11) is 0. The molecule has 1 fully saturated rings. The SMILES string of the molecule is CCc1nc(NC2CCN(Cc3ccc4c(cc(C#N)n4CC(C)c4cn[nH]c4)c3C)CC2)c2cc(CC(F)(F)F)sc2n1. The molecule has 0 bridgehead atoms. The third kappa shape index (κ3) is 6.30. The number of anilines is 1. The molecular formula is C32H35F3N8S. The van der Waals surface area contributed by atoms with Crippen molar-refractivity contribution in [1.82, 2.24) is 29.6 Å². The van der Waals surface area contributed by atoms with Crippen molar-refractivity contribution in [2.45, 2.75) is 77.7 Å². The topological polar surface area (TPSA) is 98.5 Å². The standard InChI is InChI=1S/C32H35F3N8S/c1-4-29-40-30(27-12-25(13-32(33,34)35)44-31(27)41-29)39-23-7-9-42(10-8-23)18-21-5-6-28-26(20(21)3)11-24(14-36)43(28)17-19(2)22-15-37-38-16-22/h5-6,11-12,15-16,19,23H,4,7-10,13,17-18H2,1-3H3,(H,37,38)(H,39,40,41). The van der Waals surface area contributed by atoms with Crippen molar-refractivity contribution in [2.75, 3.05) is 18.4 Å². The molecule has 5 heterocycles. The molecule has 0 amide bonds. The second-order valence-corrected chi connectivity index (χ2v) is 12.8. The summed E-state index contributed by atoms with van der Waals surface area (Å²) in [4.78, 5) is 12.4. The van der Waals surface area contributed by atoms with Crippen LogP contribution in [0.1, 0.15) is 65.7 Å². The van der Waals surface area contributed by atoms with E-state index in [2.05, 4.69) is 67.0 Å². The first kappa shape index (κ1) is 30.1. The minimum absolute atomic E-state index is 0.174. The first-order chi connectivity index (χ1) is 21.1. The van der Waals surface area contributed by atoms with E-state index in [4.69, 9.17) is 0 Å². The number of likely N-dealkylation sites (tertiary alicyclic amines) is 1. The van der Waals surface area contributed by atoms with E-state index in [9.17, 15) is 18.4 Å². The fourth-order valence-electron chi connectivity index (χ4n) is 6.13. The summed E-state index contributed by atoms with van der Waals surface area (Å²) in [6.45, 7) is 9.51. The predicted molar refractivity (Wildman–Crippen MR) is 167 cm³/mol. The number of thiophene rings is 1. The van der Waals surface area contributed by atoms with Crippen molar-refractivity contribution in [3.63, 3.8) is 0 Å². The monoisotopic (exact) mass is 620 g/mol. The van der Waals surface area contributed by atoms with Crippen LogP contribution in [0, 0.1) is 18.3 Å². The van der Waals surface area contributed by atoms with Crippen LogP contribution < -0.4 is 5.32 Å². The zero-order chi connectivity index (χ0) is 31.0. The molecule has 0 radical (unpaired) electrons. The summed E-state index contributed by atoms with van der Waals surface area (Å²) in [6, 6.07) is 10.5. The van der Waals surface area contributed by atoms with Gasteiger partial charge in [-0.1, -0.05) is 19.9 Å². The van der Waals surface area contributed by atoms with Crippen molar-refractivity contribution >= 4 is 38.3 Å². The number of benzene rings is 1. The number of hydrogen-bond acceptors (Lipinski definition) is 7. The van der Waals surface area contributed by atoms with Gasteiger partial charge >= 0.3 is 6.18 Å². The van der Waals surface area contributed by atoms with E-state index in [-0.39, 0.29) is 16.8 Å². The van der Waals surface area contributed by atoms with Gasteiger partial charge in [0.1, 0.15) is 28.2 Å². The molecule has 1 aromatic carbocycles. The van der Waals surface area contributed by atoms with Crippen LogP contribution in [0.3, 0.4) is 0 Å². The highest BCUT2D eigenvalue weighted by Crippen LogP contribution is 2.34. The first-order valence-electron chi connectivity index (χ1n) is 15.0. The average Bonchev–Trinajstić information content (AvgIpc) is 3.74. The zero-order valence-electron chi connectivity index (χ0n) is 25.0. The van der Waals surface area contributed by atoms with Crippen LogP contribution in [0.5, 0.6) is 0 Å². The van der Waals surface area contributed by atoms with E-state index in [1.54, 1.807) is 6.07 Å². The maximum Gasteiger partial charge on any atom is 0.393 e. The van der Waals surface area contributed by atoms with E-state index < -0.39 is 12.6 Å². The van der Waals surface area contributed by atoms with Gasteiger partial charge in [0, 0.05) is 66.5 Å². The van der Waals surface area contributed by atoms with Crippen LogP contribution >= 0.6 is 11.3 Å².